The standard InChI is InChI=1S/C21H29N3O3/c1-13(22)21(27)24-7-5-16(6-8-24)14(2)23-20(26)10-15-3-4-17-11-19(25)12-18(17)9-15/h3-4,9,13-14,16H,5-8,10-12,22H2,1-2H3,(H,23,26)/t13-,14?/m0/s1. The number of benzene rings is 1. The van der Waals surface area contributed by atoms with Crippen molar-refractivity contribution < 1.29 is 14.4 Å². The molecule has 0 radical (unpaired) electrons. The number of nitrogens with one attached hydrogen (secondary N) is 1. The maximum Gasteiger partial charge on any atom is 0.239 e. The third-order valence-electron chi connectivity index (χ3n) is 5.75. The summed E-state index contributed by atoms with van der Waals surface area (Å²) in [7, 11) is 0. The van der Waals surface area contributed by atoms with E-state index in [1.165, 1.54) is 0 Å². The zero-order chi connectivity index (χ0) is 19.6. The third kappa shape index (κ3) is 4.75. The Balaban J connectivity index is 1.48. The number of fused-ring (bicyclic) bond motifs is 1. The average Bonchev–Trinajstić information content (AvgIpc) is 3.00. The Bertz CT molecular complexity index is 736. The minimum atomic E-state index is -0.457. The van der Waals surface area contributed by atoms with Gasteiger partial charge in [0.25, 0.3) is 0 Å². The Morgan fingerprint density at radius 3 is 2.52 bits per heavy atom. The number of hydrogen-bond donors (Lipinski definition) is 2. The fourth-order valence-electron chi connectivity index (χ4n) is 4.13. The van der Waals surface area contributed by atoms with Gasteiger partial charge in [-0.2, -0.15) is 0 Å². The van der Waals surface area contributed by atoms with Crippen molar-refractivity contribution in [2.45, 2.75) is 58.0 Å². The summed E-state index contributed by atoms with van der Waals surface area (Å²) in [6.45, 7) is 5.15. The number of ketones is 1. The number of likely N-dealkylation sites (tertiary alicyclic amines) is 1. The molecule has 3 N–H and O–H groups in total. The minimum absolute atomic E-state index is 0.000213. The van der Waals surface area contributed by atoms with Crippen LogP contribution in [-0.2, 0) is 33.6 Å². The van der Waals surface area contributed by atoms with E-state index in [9.17, 15) is 14.4 Å². The molecule has 146 valence electrons. The van der Waals surface area contributed by atoms with Crippen molar-refractivity contribution in [2.24, 2.45) is 11.7 Å². The molecule has 1 unspecified atom stereocenters. The van der Waals surface area contributed by atoms with Crippen molar-refractivity contribution >= 4 is 17.6 Å². The number of nitrogens with two attached hydrogens (primary N) is 1. The van der Waals surface area contributed by atoms with Crippen LogP contribution < -0.4 is 11.1 Å². The highest BCUT2D eigenvalue weighted by Crippen LogP contribution is 2.23. The Labute approximate surface area is 160 Å². The number of rotatable bonds is 5. The smallest absolute Gasteiger partial charge is 0.239 e. The second-order valence-corrected chi connectivity index (χ2v) is 7.98. The molecule has 1 fully saturated rings. The maximum atomic E-state index is 12.4. The Morgan fingerprint density at radius 2 is 1.85 bits per heavy atom. The maximum absolute atomic E-state index is 12.4. The summed E-state index contributed by atoms with van der Waals surface area (Å²) >= 11 is 0. The number of amides is 2. The summed E-state index contributed by atoms with van der Waals surface area (Å²) in [4.78, 5) is 37.8. The van der Waals surface area contributed by atoms with Crippen molar-refractivity contribution in [2.75, 3.05) is 13.1 Å². The predicted octanol–water partition coefficient (Wildman–Crippen LogP) is 0.987. The highest BCUT2D eigenvalue weighted by molar-refractivity contribution is 5.88. The zero-order valence-electron chi connectivity index (χ0n) is 16.2. The van der Waals surface area contributed by atoms with Gasteiger partial charge in [-0.3, -0.25) is 14.4 Å². The SMILES string of the molecule is CC(NC(=O)Cc1ccc2c(c1)CC(=O)C2)C1CCN(C(=O)[C@H](C)N)CC1. The van der Waals surface area contributed by atoms with Crippen LogP contribution in [0.5, 0.6) is 0 Å². The number of nitrogens with zero attached hydrogens (tertiary/aromatic N) is 1. The number of carbonyl (C=O) groups is 3. The summed E-state index contributed by atoms with van der Waals surface area (Å²) in [5, 5.41) is 3.11. The van der Waals surface area contributed by atoms with E-state index in [1.807, 2.05) is 30.0 Å². The van der Waals surface area contributed by atoms with Gasteiger partial charge in [0.2, 0.25) is 11.8 Å². The molecule has 0 bridgehead atoms. The molecule has 1 aliphatic carbocycles. The van der Waals surface area contributed by atoms with Crippen LogP contribution in [0.3, 0.4) is 0 Å². The first-order valence-corrected chi connectivity index (χ1v) is 9.79. The molecule has 3 rings (SSSR count). The molecule has 0 aromatic heterocycles. The van der Waals surface area contributed by atoms with Gasteiger partial charge >= 0.3 is 0 Å². The van der Waals surface area contributed by atoms with Crippen LogP contribution in [0, 0.1) is 5.92 Å². The largest absolute Gasteiger partial charge is 0.353 e. The molecule has 2 atom stereocenters. The topological polar surface area (TPSA) is 92.5 Å². The summed E-state index contributed by atoms with van der Waals surface area (Å²) < 4.78 is 0. The van der Waals surface area contributed by atoms with Crippen LogP contribution in [0.1, 0.15) is 43.4 Å². The number of piperidine rings is 1. The molecule has 0 saturated carbocycles. The molecule has 27 heavy (non-hydrogen) atoms. The van der Waals surface area contributed by atoms with Gasteiger partial charge < -0.3 is 16.0 Å². The van der Waals surface area contributed by atoms with E-state index in [0.29, 0.717) is 38.3 Å². The molecule has 1 aliphatic heterocycles. The fraction of sp³-hybridized carbons (Fsp3) is 0.571. The van der Waals surface area contributed by atoms with Gasteiger partial charge in [-0.05, 0) is 49.3 Å². The lowest BCUT2D eigenvalue weighted by molar-refractivity contribution is -0.134. The molecule has 2 amide bonds. The Hall–Kier alpha value is -2.21. The van der Waals surface area contributed by atoms with Crippen LogP contribution >= 0.6 is 0 Å². The summed E-state index contributed by atoms with van der Waals surface area (Å²) in [5.74, 6) is 0.610. The molecule has 2 aliphatic rings. The van der Waals surface area contributed by atoms with Crippen LogP contribution in [0.25, 0.3) is 0 Å². The first-order chi connectivity index (χ1) is 12.8. The molecule has 6 heteroatoms. The number of Topliss-reactive ketones (excluding diaryl/α,β-unsaturated/α-hetero) is 1. The highest BCUT2D eigenvalue weighted by Gasteiger charge is 2.28. The van der Waals surface area contributed by atoms with Gasteiger partial charge in [0.05, 0.1) is 12.5 Å². The number of hydrogen-bond acceptors (Lipinski definition) is 4. The lowest BCUT2D eigenvalue weighted by atomic mass is 9.90. The average molecular weight is 371 g/mol. The molecule has 6 nitrogen and oxygen atoms in total. The van der Waals surface area contributed by atoms with Crippen LogP contribution in [0.4, 0.5) is 0 Å². The van der Waals surface area contributed by atoms with Crippen molar-refractivity contribution in [1.82, 2.24) is 10.2 Å². The van der Waals surface area contributed by atoms with Gasteiger partial charge in [0, 0.05) is 32.0 Å². The van der Waals surface area contributed by atoms with Crippen LogP contribution in [0.15, 0.2) is 18.2 Å². The van der Waals surface area contributed by atoms with Gasteiger partial charge in [-0.1, -0.05) is 18.2 Å². The van der Waals surface area contributed by atoms with Crippen molar-refractivity contribution in [3.8, 4) is 0 Å². The second kappa shape index (κ2) is 8.21. The van der Waals surface area contributed by atoms with Crippen LogP contribution in [0.2, 0.25) is 0 Å². The van der Waals surface area contributed by atoms with E-state index in [-0.39, 0.29) is 23.6 Å². The van der Waals surface area contributed by atoms with E-state index >= 15 is 0 Å². The Morgan fingerprint density at radius 1 is 1.19 bits per heavy atom. The molecular formula is C21H29N3O3. The molecular weight excluding hydrogens is 342 g/mol. The third-order valence-corrected chi connectivity index (χ3v) is 5.75. The first-order valence-electron chi connectivity index (χ1n) is 9.79. The predicted molar refractivity (Wildman–Crippen MR) is 103 cm³/mol. The summed E-state index contributed by atoms with van der Waals surface area (Å²) in [6, 6.07) is 5.52. The molecule has 1 heterocycles. The zero-order valence-corrected chi connectivity index (χ0v) is 16.2. The number of carbonyl (C=O) groups excluding carboxylic acids is 3. The quantitative estimate of drug-likeness (QED) is 0.807. The second-order valence-electron chi connectivity index (χ2n) is 7.98. The van der Waals surface area contributed by atoms with E-state index in [0.717, 1.165) is 29.5 Å². The van der Waals surface area contributed by atoms with E-state index in [2.05, 4.69) is 5.32 Å². The van der Waals surface area contributed by atoms with E-state index < -0.39 is 6.04 Å². The lowest BCUT2D eigenvalue weighted by Crippen LogP contribution is -2.49. The van der Waals surface area contributed by atoms with Crippen molar-refractivity contribution in [3.05, 3.63) is 34.9 Å². The molecule has 1 saturated heterocycles. The van der Waals surface area contributed by atoms with Gasteiger partial charge in [-0.15, -0.1) is 0 Å². The highest BCUT2D eigenvalue weighted by atomic mass is 16.2. The molecule has 0 spiro atoms. The lowest BCUT2D eigenvalue weighted by Gasteiger charge is -2.35. The van der Waals surface area contributed by atoms with E-state index in [1.54, 1.807) is 6.92 Å². The summed E-state index contributed by atoms with van der Waals surface area (Å²) in [5.41, 5.74) is 8.77. The first kappa shape index (κ1) is 19.5. The fourth-order valence-corrected chi connectivity index (χ4v) is 4.13. The van der Waals surface area contributed by atoms with Crippen molar-refractivity contribution in [3.63, 3.8) is 0 Å². The van der Waals surface area contributed by atoms with Crippen molar-refractivity contribution in [1.29, 1.82) is 0 Å². The Kier molecular flexibility index (Phi) is 5.95. The van der Waals surface area contributed by atoms with Gasteiger partial charge in [-0.25, -0.2) is 0 Å². The molecule has 1 aromatic rings. The van der Waals surface area contributed by atoms with Gasteiger partial charge in [0.1, 0.15) is 5.78 Å². The van der Waals surface area contributed by atoms with Crippen LogP contribution in [-0.4, -0.2) is 47.7 Å². The minimum Gasteiger partial charge on any atom is -0.353 e. The monoisotopic (exact) mass is 371 g/mol. The summed E-state index contributed by atoms with van der Waals surface area (Å²) in [6.07, 6.45) is 3.08. The van der Waals surface area contributed by atoms with E-state index in [4.69, 9.17) is 5.73 Å². The molecule has 1 aromatic carbocycles. The van der Waals surface area contributed by atoms with Gasteiger partial charge in [0.15, 0.2) is 0 Å². The normalized spacial score (nSPS) is 19.5.